The fourth-order valence-corrected chi connectivity index (χ4v) is 1.79. The van der Waals surface area contributed by atoms with Crippen LogP contribution in [0.2, 0.25) is 0 Å². The second-order valence-electron chi connectivity index (χ2n) is 4.40. The first-order chi connectivity index (χ1) is 9.24. The molecule has 0 N–H and O–H groups in total. The van der Waals surface area contributed by atoms with Gasteiger partial charge < -0.3 is 0 Å². The number of hydrogen-bond acceptors (Lipinski definition) is 3. The lowest BCUT2D eigenvalue weighted by Crippen LogP contribution is -2.01. The fourth-order valence-electron chi connectivity index (χ4n) is 1.79. The number of rotatable bonds is 4. The van der Waals surface area contributed by atoms with Crippen LogP contribution in [0.5, 0.6) is 0 Å². The average Bonchev–Trinajstić information content (AvgIpc) is 2.81. The monoisotopic (exact) mass is 252 g/mol. The Labute approximate surface area is 113 Å². The Morgan fingerprint density at radius 1 is 1.26 bits per heavy atom. The summed E-state index contributed by atoms with van der Waals surface area (Å²) in [6.07, 6.45) is 4.84. The fraction of sp³-hybridized carbons (Fsp3) is 0.267. The zero-order chi connectivity index (χ0) is 13.7. The van der Waals surface area contributed by atoms with E-state index in [9.17, 15) is 0 Å². The van der Waals surface area contributed by atoms with Crippen LogP contribution in [0.1, 0.15) is 35.9 Å². The van der Waals surface area contributed by atoms with Crippen molar-refractivity contribution in [3.8, 4) is 6.07 Å². The van der Waals surface area contributed by atoms with Crippen LogP contribution in [0.3, 0.4) is 0 Å². The van der Waals surface area contributed by atoms with E-state index in [0.29, 0.717) is 5.69 Å². The predicted molar refractivity (Wildman–Crippen MR) is 75.1 cm³/mol. The minimum Gasteiger partial charge on any atom is -0.244 e. The molecule has 0 amide bonds. The van der Waals surface area contributed by atoms with Crippen LogP contribution in [0.4, 0.5) is 0 Å². The first-order valence-corrected chi connectivity index (χ1v) is 6.33. The molecule has 2 rings (SSSR count). The van der Waals surface area contributed by atoms with Crippen LogP contribution in [-0.4, -0.2) is 15.0 Å². The number of nitrogens with zero attached hydrogens (tertiary/aromatic N) is 4. The molecule has 0 saturated heterocycles. The molecule has 0 fully saturated rings. The molecule has 19 heavy (non-hydrogen) atoms. The Morgan fingerprint density at radius 2 is 2.00 bits per heavy atom. The zero-order valence-corrected chi connectivity index (χ0v) is 11.2. The largest absolute Gasteiger partial charge is 0.244 e. The van der Waals surface area contributed by atoms with Crippen LogP contribution < -0.4 is 0 Å². The molecule has 1 aromatic carbocycles. The van der Waals surface area contributed by atoms with E-state index in [1.54, 1.807) is 4.68 Å². The Bertz CT molecular complexity index is 615. The molecule has 0 spiro atoms. The molecule has 0 aliphatic carbocycles. The van der Waals surface area contributed by atoms with Crippen molar-refractivity contribution in [2.24, 2.45) is 0 Å². The Hall–Kier alpha value is -2.41. The highest BCUT2D eigenvalue weighted by Gasteiger charge is 2.08. The average molecular weight is 252 g/mol. The van der Waals surface area contributed by atoms with Gasteiger partial charge in [-0.25, -0.2) is 4.68 Å². The van der Waals surface area contributed by atoms with Crippen LogP contribution in [0.15, 0.2) is 24.3 Å². The first-order valence-electron chi connectivity index (χ1n) is 6.33. The van der Waals surface area contributed by atoms with Gasteiger partial charge in [0.25, 0.3) is 0 Å². The third kappa shape index (κ3) is 3.08. The van der Waals surface area contributed by atoms with Gasteiger partial charge in [0.1, 0.15) is 6.07 Å². The molecule has 0 bridgehead atoms. The molecule has 0 aliphatic heterocycles. The summed E-state index contributed by atoms with van der Waals surface area (Å²) in [4.78, 5) is 0. The van der Waals surface area contributed by atoms with Crippen molar-refractivity contribution in [3.63, 3.8) is 0 Å². The maximum Gasteiger partial charge on any atom is 0.190 e. The molecule has 0 unspecified atom stereocenters. The van der Waals surface area contributed by atoms with Gasteiger partial charge in [0.2, 0.25) is 0 Å². The van der Waals surface area contributed by atoms with Crippen LogP contribution in [0, 0.1) is 18.3 Å². The molecule has 1 heterocycles. The molecule has 2 aromatic rings. The van der Waals surface area contributed by atoms with E-state index < -0.39 is 0 Å². The van der Waals surface area contributed by atoms with Gasteiger partial charge in [-0.3, -0.25) is 0 Å². The van der Waals surface area contributed by atoms with E-state index in [1.165, 1.54) is 5.56 Å². The molecule has 0 saturated carbocycles. The highest BCUT2D eigenvalue weighted by Crippen LogP contribution is 2.12. The van der Waals surface area contributed by atoms with Crippen LogP contribution >= 0.6 is 0 Å². The van der Waals surface area contributed by atoms with Gasteiger partial charge in [-0.1, -0.05) is 48.0 Å². The van der Waals surface area contributed by atoms with Crippen molar-refractivity contribution < 1.29 is 0 Å². The molecule has 1 aromatic heterocycles. The minimum atomic E-state index is 0.372. The molecule has 0 aliphatic rings. The van der Waals surface area contributed by atoms with E-state index in [4.69, 9.17) is 5.26 Å². The topological polar surface area (TPSA) is 54.5 Å². The summed E-state index contributed by atoms with van der Waals surface area (Å²) in [6.45, 7) is 4.89. The van der Waals surface area contributed by atoms with Gasteiger partial charge in [-0.2, -0.15) is 5.26 Å². The maximum absolute atomic E-state index is 9.03. The van der Waals surface area contributed by atoms with Crippen molar-refractivity contribution in [3.05, 3.63) is 46.8 Å². The summed E-state index contributed by atoms with van der Waals surface area (Å²) in [7, 11) is 0. The quantitative estimate of drug-likeness (QED) is 0.840. The summed E-state index contributed by atoms with van der Waals surface area (Å²) in [5, 5.41) is 16.9. The van der Waals surface area contributed by atoms with Crippen molar-refractivity contribution in [2.45, 2.75) is 26.8 Å². The van der Waals surface area contributed by atoms with Crippen molar-refractivity contribution in [2.75, 3.05) is 0 Å². The third-order valence-corrected chi connectivity index (χ3v) is 2.83. The van der Waals surface area contributed by atoms with Crippen molar-refractivity contribution in [1.82, 2.24) is 15.0 Å². The van der Waals surface area contributed by atoms with Gasteiger partial charge in [0.05, 0.1) is 5.69 Å². The standard InChI is InChI=1S/C15H16N4/c1-3-10-19-15(14(11-16)17-18-19)9-8-13-6-4-12(2)5-7-13/h4-9H,3,10H2,1-2H3/b9-8+. The first kappa shape index (κ1) is 13.0. The normalized spacial score (nSPS) is 10.8. The second-order valence-corrected chi connectivity index (χ2v) is 4.40. The van der Waals surface area contributed by atoms with Crippen LogP contribution in [-0.2, 0) is 6.54 Å². The lowest BCUT2D eigenvalue weighted by atomic mass is 10.1. The Morgan fingerprint density at radius 3 is 2.63 bits per heavy atom. The predicted octanol–water partition coefficient (Wildman–Crippen LogP) is 3.04. The lowest BCUT2D eigenvalue weighted by Gasteiger charge is -2.00. The summed E-state index contributed by atoms with van der Waals surface area (Å²) in [6, 6.07) is 10.3. The zero-order valence-electron chi connectivity index (χ0n) is 11.2. The number of nitriles is 1. The van der Waals surface area contributed by atoms with Crippen LogP contribution in [0.25, 0.3) is 12.2 Å². The third-order valence-electron chi connectivity index (χ3n) is 2.83. The molecule has 4 nitrogen and oxygen atoms in total. The molecule has 0 radical (unpaired) electrons. The molecule has 0 atom stereocenters. The van der Waals surface area contributed by atoms with Gasteiger partial charge in [0.15, 0.2) is 5.69 Å². The van der Waals surface area contributed by atoms with E-state index in [0.717, 1.165) is 24.2 Å². The Balaban J connectivity index is 2.29. The van der Waals surface area contributed by atoms with E-state index in [-0.39, 0.29) is 0 Å². The number of aryl methyl sites for hydroxylation is 2. The van der Waals surface area contributed by atoms with E-state index in [2.05, 4.69) is 42.4 Å². The van der Waals surface area contributed by atoms with Gasteiger partial charge in [-0.05, 0) is 25.0 Å². The highest BCUT2D eigenvalue weighted by molar-refractivity contribution is 5.70. The maximum atomic E-state index is 9.03. The lowest BCUT2D eigenvalue weighted by molar-refractivity contribution is 0.575. The Kier molecular flexibility index (Phi) is 4.09. The van der Waals surface area contributed by atoms with E-state index in [1.807, 2.05) is 24.3 Å². The van der Waals surface area contributed by atoms with Gasteiger partial charge in [-0.15, -0.1) is 5.10 Å². The molecule has 4 heteroatoms. The van der Waals surface area contributed by atoms with Gasteiger partial charge >= 0.3 is 0 Å². The molecular weight excluding hydrogens is 236 g/mol. The number of aromatic nitrogens is 3. The van der Waals surface area contributed by atoms with Crippen molar-refractivity contribution in [1.29, 1.82) is 5.26 Å². The van der Waals surface area contributed by atoms with Crippen molar-refractivity contribution >= 4 is 12.2 Å². The summed E-state index contributed by atoms with van der Waals surface area (Å²) < 4.78 is 1.77. The summed E-state index contributed by atoms with van der Waals surface area (Å²) >= 11 is 0. The molecular formula is C15H16N4. The number of hydrogen-bond donors (Lipinski definition) is 0. The van der Waals surface area contributed by atoms with E-state index >= 15 is 0 Å². The minimum absolute atomic E-state index is 0.372. The number of benzene rings is 1. The molecule has 96 valence electrons. The highest BCUT2D eigenvalue weighted by atomic mass is 15.4. The second kappa shape index (κ2) is 5.96. The summed E-state index contributed by atoms with van der Waals surface area (Å²) in [5.41, 5.74) is 3.47. The summed E-state index contributed by atoms with van der Waals surface area (Å²) in [5.74, 6) is 0. The smallest absolute Gasteiger partial charge is 0.190 e. The SMILES string of the molecule is CCCn1nnc(C#N)c1/C=C/c1ccc(C)cc1. The van der Waals surface area contributed by atoms with Gasteiger partial charge in [0, 0.05) is 6.54 Å².